The molecule has 20 heavy (non-hydrogen) atoms. The van der Waals surface area contributed by atoms with Crippen molar-refractivity contribution < 1.29 is 9.90 Å². The van der Waals surface area contributed by atoms with Gasteiger partial charge in [0.15, 0.2) is 0 Å². The average molecular weight is 268 g/mol. The second-order valence-corrected chi connectivity index (χ2v) is 5.73. The number of aliphatic carboxylic acids is 1. The van der Waals surface area contributed by atoms with Gasteiger partial charge < -0.3 is 5.11 Å². The molecule has 0 heterocycles. The van der Waals surface area contributed by atoms with E-state index in [0.29, 0.717) is 12.3 Å². The van der Waals surface area contributed by atoms with Gasteiger partial charge in [-0.25, -0.2) is 0 Å². The van der Waals surface area contributed by atoms with E-state index in [1.165, 1.54) is 34.7 Å². The van der Waals surface area contributed by atoms with Gasteiger partial charge in [-0.3, -0.25) is 4.79 Å². The maximum Gasteiger partial charge on any atom is 0.303 e. The Morgan fingerprint density at radius 3 is 2.90 bits per heavy atom. The quantitative estimate of drug-likeness (QED) is 0.885. The first-order valence-corrected chi connectivity index (χ1v) is 7.48. The first kappa shape index (κ1) is 13.2. The molecular formula is C18H20O2. The zero-order valence-electron chi connectivity index (χ0n) is 11.6. The molecule has 2 nitrogen and oxygen atoms in total. The van der Waals surface area contributed by atoms with Crippen molar-refractivity contribution in [2.24, 2.45) is 0 Å². The molecule has 0 fully saturated rings. The highest BCUT2D eigenvalue weighted by atomic mass is 16.4. The summed E-state index contributed by atoms with van der Waals surface area (Å²) >= 11 is 0. The van der Waals surface area contributed by atoms with E-state index in [1.54, 1.807) is 0 Å². The van der Waals surface area contributed by atoms with E-state index in [0.717, 1.165) is 19.3 Å². The first-order chi connectivity index (χ1) is 9.75. The summed E-state index contributed by atoms with van der Waals surface area (Å²) in [6, 6.07) is 13.1. The molecule has 2 aromatic carbocycles. The molecule has 2 aromatic rings. The summed E-state index contributed by atoms with van der Waals surface area (Å²) in [5.74, 6) is -0.137. The van der Waals surface area contributed by atoms with Crippen LogP contribution in [0.4, 0.5) is 0 Å². The fraction of sp³-hybridized carbons (Fsp3) is 0.389. The van der Waals surface area contributed by atoms with Gasteiger partial charge in [-0.15, -0.1) is 0 Å². The van der Waals surface area contributed by atoms with Crippen LogP contribution in [0.1, 0.15) is 49.1 Å². The van der Waals surface area contributed by atoms with Crippen LogP contribution in [0.3, 0.4) is 0 Å². The van der Waals surface area contributed by atoms with E-state index in [-0.39, 0.29) is 0 Å². The third kappa shape index (κ3) is 2.55. The lowest BCUT2D eigenvalue weighted by Crippen LogP contribution is -2.11. The summed E-state index contributed by atoms with van der Waals surface area (Å²) in [5, 5.41) is 11.5. The largest absolute Gasteiger partial charge is 0.481 e. The molecule has 1 N–H and O–H groups in total. The molecule has 0 spiro atoms. The molecule has 3 rings (SSSR count). The van der Waals surface area contributed by atoms with E-state index in [9.17, 15) is 4.79 Å². The normalized spacial score (nSPS) is 17.9. The highest BCUT2D eigenvalue weighted by molar-refractivity contribution is 5.87. The van der Waals surface area contributed by atoms with Crippen LogP contribution in [0.5, 0.6) is 0 Å². The number of carboxylic acids is 1. The topological polar surface area (TPSA) is 37.3 Å². The summed E-state index contributed by atoms with van der Waals surface area (Å²) < 4.78 is 0. The smallest absolute Gasteiger partial charge is 0.303 e. The number of fused-ring (bicyclic) bond motifs is 3. The number of hydrogen-bond acceptors (Lipinski definition) is 1. The molecule has 0 bridgehead atoms. The molecule has 1 atom stereocenters. The van der Waals surface area contributed by atoms with Crippen molar-refractivity contribution in [1.29, 1.82) is 0 Å². The number of hydrogen-bond donors (Lipinski definition) is 1. The number of rotatable bonds is 4. The third-order valence-electron chi connectivity index (χ3n) is 4.44. The predicted octanol–water partition coefficient (Wildman–Crippen LogP) is 4.51. The van der Waals surface area contributed by atoms with Crippen molar-refractivity contribution in [2.75, 3.05) is 0 Å². The van der Waals surface area contributed by atoms with Crippen molar-refractivity contribution in [3.63, 3.8) is 0 Å². The first-order valence-electron chi connectivity index (χ1n) is 7.48. The standard InChI is InChI=1S/C18H20O2/c19-18(20)10-4-7-13-6-3-9-17-15-8-2-1-5-14(15)11-12-16(13)17/h1-2,5,8,11-13H,3-4,6-7,9-10H2,(H,19,20)/t13-/m0/s1. The molecular weight excluding hydrogens is 248 g/mol. The van der Waals surface area contributed by atoms with Gasteiger partial charge in [-0.05, 0) is 59.9 Å². The lowest BCUT2D eigenvalue weighted by molar-refractivity contribution is -0.137. The van der Waals surface area contributed by atoms with Gasteiger partial charge >= 0.3 is 5.97 Å². The molecule has 0 saturated carbocycles. The Kier molecular flexibility index (Phi) is 3.72. The van der Waals surface area contributed by atoms with E-state index >= 15 is 0 Å². The molecule has 2 heteroatoms. The predicted molar refractivity (Wildman–Crippen MR) is 81.1 cm³/mol. The van der Waals surface area contributed by atoms with Crippen LogP contribution in [0.15, 0.2) is 36.4 Å². The molecule has 0 aliphatic heterocycles. The zero-order valence-corrected chi connectivity index (χ0v) is 11.6. The summed E-state index contributed by atoms with van der Waals surface area (Å²) in [6.07, 6.45) is 5.65. The molecule has 0 radical (unpaired) electrons. The molecule has 1 aliphatic carbocycles. The second-order valence-electron chi connectivity index (χ2n) is 5.73. The molecule has 0 unspecified atom stereocenters. The van der Waals surface area contributed by atoms with Crippen LogP contribution in [0.2, 0.25) is 0 Å². The SMILES string of the molecule is O=C(O)CCC[C@@H]1CCCc2c1ccc1ccccc21. The van der Waals surface area contributed by atoms with Gasteiger partial charge in [0, 0.05) is 6.42 Å². The number of carbonyl (C=O) groups is 1. The van der Waals surface area contributed by atoms with Crippen LogP contribution >= 0.6 is 0 Å². The monoisotopic (exact) mass is 268 g/mol. The van der Waals surface area contributed by atoms with Gasteiger partial charge in [0.05, 0.1) is 0 Å². The zero-order chi connectivity index (χ0) is 13.9. The Bertz CT molecular complexity index is 630. The van der Waals surface area contributed by atoms with Crippen LogP contribution in [-0.2, 0) is 11.2 Å². The molecule has 104 valence electrons. The molecule has 0 saturated heterocycles. The summed E-state index contributed by atoms with van der Waals surface area (Å²) in [5.41, 5.74) is 2.95. The number of benzene rings is 2. The average Bonchev–Trinajstić information content (AvgIpc) is 2.47. The number of aryl methyl sites for hydroxylation is 1. The minimum Gasteiger partial charge on any atom is -0.481 e. The Labute approximate surface area is 119 Å². The minimum absolute atomic E-state index is 0.291. The van der Waals surface area contributed by atoms with Crippen molar-refractivity contribution in [1.82, 2.24) is 0 Å². The van der Waals surface area contributed by atoms with Gasteiger partial charge in [-0.2, -0.15) is 0 Å². The maximum absolute atomic E-state index is 10.7. The lowest BCUT2D eigenvalue weighted by Gasteiger charge is -2.26. The second kappa shape index (κ2) is 5.66. The Hall–Kier alpha value is -1.83. The Balaban J connectivity index is 1.89. The fourth-order valence-electron chi connectivity index (χ4n) is 3.49. The highest BCUT2D eigenvalue weighted by Crippen LogP contribution is 2.38. The molecule has 0 amide bonds. The Morgan fingerprint density at radius 2 is 2.05 bits per heavy atom. The van der Waals surface area contributed by atoms with Crippen LogP contribution in [0, 0.1) is 0 Å². The van der Waals surface area contributed by atoms with Crippen LogP contribution < -0.4 is 0 Å². The molecule has 0 aromatic heterocycles. The van der Waals surface area contributed by atoms with E-state index in [1.807, 2.05) is 0 Å². The van der Waals surface area contributed by atoms with E-state index < -0.39 is 5.97 Å². The van der Waals surface area contributed by atoms with Gasteiger partial charge in [0.25, 0.3) is 0 Å². The fourth-order valence-corrected chi connectivity index (χ4v) is 3.49. The van der Waals surface area contributed by atoms with Crippen molar-refractivity contribution in [3.8, 4) is 0 Å². The summed E-state index contributed by atoms with van der Waals surface area (Å²) in [7, 11) is 0. The van der Waals surface area contributed by atoms with Gasteiger partial charge in [0.2, 0.25) is 0 Å². The van der Waals surface area contributed by atoms with Crippen molar-refractivity contribution >= 4 is 16.7 Å². The number of carboxylic acid groups (broad SMARTS) is 1. The summed E-state index contributed by atoms with van der Waals surface area (Å²) in [6.45, 7) is 0. The highest BCUT2D eigenvalue weighted by Gasteiger charge is 2.21. The van der Waals surface area contributed by atoms with Gasteiger partial charge in [0.1, 0.15) is 0 Å². The van der Waals surface area contributed by atoms with Crippen LogP contribution in [0.25, 0.3) is 10.8 Å². The van der Waals surface area contributed by atoms with Crippen LogP contribution in [-0.4, -0.2) is 11.1 Å². The van der Waals surface area contributed by atoms with Crippen molar-refractivity contribution in [2.45, 2.75) is 44.4 Å². The van der Waals surface area contributed by atoms with Gasteiger partial charge in [-0.1, -0.05) is 36.4 Å². The Morgan fingerprint density at radius 1 is 1.20 bits per heavy atom. The van der Waals surface area contributed by atoms with E-state index in [2.05, 4.69) is 36.4 Å². The maximum atomic E-state index is 10.7. The summed E-state index contributed by atoms with van der Waals surface area (Å²) in [4.78, 5) is 10.7. The van der Waals surface area contributed by atoms with E-state index in [4.69, 9.17) is 5.11 Å². The molecule has 1 aliphatic rings. The van der Waals surface area contributed by atoms with Crippen molar-refractivity contribution in [3.05, 3.63) is 47.5 Å². The lowest BCUT2D eigenvalue weighted by atomic mass is 9.78. The minimum atomic E-state index is -0.681. The third-order valence-corrected chi connectivity index (χ3v) is 4.44.